The second-order valence-electron chi connectivity index (χ2n) is 4.12. The standard InChI is InChI=1S/C12H13FN2/c1-9-4-5-15(8-9)11-3-2-10(7-14)12(13)6-11/h2-3,6,9H,4-5,8H2,1H3. The second-order valence-corrected chi connectivity index (χ2v) is 4.12. The van der Waals surface area contributed by atoms with Gasteiger partial charge in [0.2, 0.25) is 0 Å². The molecule has 2 rings (SSSR count). The Hall–Kier alpha value is -1.56. The Kier molecular flexibility index (Phi) is 2.59. The molecule has 1 unspecified atom stereocenters. The lowest BCUT2D eigenvalue weighted by Crippen LogP contribution is -2.19. The number of hydrogen-bond donors (Lipinski definition) is 0. The fourth-order valence-corrected chi connectivity index (χ4v) is 1.96. The first-order valence-electron chi connectivity index (χ1n) is 5.15. The molecule has 1 fully saturated rings. The van der Waals surface area contributed by atoms with E-state index in [0.717, 1.165) is 25.2 Å². The molecule has 0 N–H and O–H groups in total. The number of benzene rings is 1. The highest BCUT2D eigenvalue weighted by molar-refractivity contribution is 5.51. The molecule has 1 heterocycles. The van der Waals surface area contributed by atoms with Gasteiger partial charge in [-0.25, -0.2) is 4.39 Å². The maximum atomic E-state index is 13.4. The van der Waals surface area contributed by atoms with Crippen molar-refractivity contribution in [3.05, 3.63) is 29.6 Å². The van der Waals surface area contributed by atoms with Crippen LogP contribution in [0.15, 0.2) is 18.2 Å². The fourth-order valence-electron chi connectivity index (χ4n) is 1.96. The summed E-state index contributed by atoms with van der Waals surface area (Å²) in [7, 11) is 0. The van der Waals surface area contributed by atoms with Crippen LogP contribution in [0, 0.1) is 23.1 Å². The van der Waals surface area contributed by atoms with E-state index in [-0.39, 0.29) is 5.56 Å². The summed E-state index contributed by atoms with van der Waals surface area (Å²) >= 11 is 0. The average molecular weight is 204 g/mol. The monoisotopic (exact) mass is 204 g/mol. The van der Waals surface area contributed by atoms with Gasteiger partial charge >= 0.3 is 0 Å². The molecular formula is C12H13FN2. The predicted octanol–water partition coefficient (Wildman–Crippen LogP) is 2.54. The smallest absolute Gasteiger partial charge is 0.143 e. The van der Waals surface area contributed by atoms with E-state index >= 15 is 0 Å². The van der Waals surface area contributed by atoms with Gasteiger partial charge in [-0.15, -0.1) is 0 Å². The van der Waals surface area contributed by atoms with E-state index in [4.69, 9.17) is 5.26 Å². The molecule has 1 aromatic rings. The topological polar surface area (TPSA) is 27.0 Å². The Morgan fingerprint density at radius 1 is 1.53 bits per heavy atom. The van der Waals surface area contributed by atoms with E-state index in [1.165, 1.54) is 6.07 Å². The lowest BCUT2D eigenvalue weighted by atomic mass is 10.2. The highest BCUT2D eigenvalue weighted by atomic mass is 19.1. The number of rotatable bonds is 1. The Bertz CT molecular complexity index is 409. The molecule has 78 valence electrons. The second kappa shape index (κ2) is 3.90. The molecule has 0 aromatic heterocycles. The Balaban J connectivity index is 2.24. The summed E-state index contributed by atoms with van der Waals surface area (Å²) in [5.74, 6) is 0.248. The van der Waals surface area contributed by atoms with Crippen molar-refractivity contribution in [3.63, 3.8) is 0 Å². The van der Waals surface area contributed by atoms with Crippen LogP contribution in [0.4, 0.5) is 10.1 Å². The number of nitrogens with zero attached hydrogens (tertiary/aromatic N) is 2. The molecule has 0 spiro atoms. The lowest BCUT2D eigenvalue weighted by Gasteiger charge is -2.18. The van der Waals surface area contributed by atoms with Crippen molar-refractivity contribution in [2.75, 3.05) is 18.0 Å². The summed E-state index contributed by atoms with van der Waals surface area (Å²) in [6.07, 6.45) is 1.15. The van der Waals surface area contributed by atoms with E-state index < -0.39 is 5.82 Å². The first-order chi connectivity index (χ1) is 7.20. The molecule has 0 saturated carbocycles. The van der Waals surface area contributed by atoms with Gasteiger partial charge in [-0.3, -0.25) is 0 Å². The molecule has 3 heteroatoms. The largest absolute Gasteiger partial charge is 0.371 e. The zero-order valence-corrected chi connectivity index (χ0v) is 8.70. The van der Waals surface area contributed by atoms with Gasteiger partial charge in [0.25, 0.3) is 0 Å². The molecule has 1 aliphatic heterocycles. The Morgan fingerprint density at radius 2 is 2.33 bits per heavy atom. The minimum atomic E-state index is -0.422. The Labute approximate surface area is 88.9 Å². The number of anilines is 1. The molecule has 0 aliphatic carbocycles. The van der Waals surface area contributed by atoms with Crippen LogP contribution in [-0.2, 0) is 0 Å². The number of nitriles is 1. The normalized spacial score (nSPS) is 20.3. The summed E-state index contributed by atoms with van der Waals surface area (Å²) in [4.78, 5) is 2.16. The Morgan fingerprint density at radius 3 is 2.87 bits per heavy atom. The van der Waals surface area contributed by atoms with Crippen LogP contribution in [0.5, 0.6) is 0 Å². The quantitative estimate of drug-likeness (QED) is 0.703. The molecule has 1 atom stereocenters. The highest BCUT2D eigenvalue weighted by Gasteiger charge is 2.19. The number of hydrogen-bond acceptors (Lipinski definition) is 2. The molecule has 0 amide bonds. The van der Waals surface area contributed by atoms with Crippen molar-refractivity contribution in [2.24, 2.45) is 5.92 Å². The minimum absolute atomic E-state index is 0.117. The first kappa shape index (κ1) is 9.97. The van der Waals surface area contributed by atoms with E-state index in [1.54, 1.807) is 6.07 Å². The van der Waals surface area contributed by atoms with Crippen LogP contribution in [0.2, 0.25) is 0 Å². The van der Waals surface area contributed by atoms with Crippen LogP contribution in [0.3, 0.4) is 0 Å². The van der Waals surface area contributed by atoms with Crippen LogP contribution in [-0.4, -0.2) is 13.1 Å². The SMILES string of the molecule is CC1CCN(c2ccc(C#N)c(F)c2)C1. The van der Waals surface area contributed by atoms with Gasteiger partial charge in [0.05, 0.1) is 5.56 Å². The van der Waals surface area contributed by atoms with Crippen molar-refractivity contribution < 1.29 is 4.39 Å². The van der Waals surface area contributed by atoms with Gasteiger partial charge in [-0.1, -0.05) is 6.92 Å². The molecular weight excluding hydrogens is 191 g/mol. The van der Waals surface area contributed by atoms with Crippen LogP contribution in [0.25, 0.3) is 0 Å². The third kappa shape index (κ3) is 1.94. The third-order valence-corrected chi connectivity index (χ3v) is 2.86. The lowest BCUT2D eigenvalue weighted by molar-refractivity contribution is 0.623. The van der Waals surface area contributed by atoms with E-state index in [1.807, 2.05) is 12.1 Å². The maximum Gasteiger partial charge on any atom is 0.143 e. The van der Waals surface area contributed by atoms with E-state index in [2.05, 4.69) is 11.8 Å². The van der Waals surface area contributed by atoms with Crippen molar-refractivity contribution in [1.82, 2.24) is 0 Å². The molecule has 1 aliphatic rings. The third-order valence-electron chi connectivity index (χ3n) is 2.86. The molecule has 15 heavy (non-hydrogen) atoms. The van der Waals surface area contributed by atoms with Gasteiger partial charge < -0.3 is 4.90 Å². The summed E-state index contributed by atoms with van der Waals surface area (Å²) in [6.45, 7) is 4.15. The van der Waals surface area contributed by atoms with Gasteiger partial charge in [-0.2, -0.15) is 5.26 Å². The molecule has 0 bridgehead atoms. The molecule has 0 radical (unpaired) electrons. The fraction of sp³-hybridized carbons (Fsp3) is 0.417. The minimum Gasteiger partial charge on any atom is -0.371 e. The summed E-state index contributed by atoms with van der Waals surface area (Å²) in [5, 5.41) is 8.61. The van der Waals surface area contributed by atoms with Gasteiger partial charge in [0.15, 0.2) is 0 Å². The first-order valence-corrected chi connectivity index (χ1v) is 5.15. The average Bonchev–Trinajstić information content (AvgIpc) is 2.65. The van der Waals surface area contributed by atoms with Crippen molar-refractivity contribution in [3.8, 4) is 6.07 Å². The van der Waals surface area contributed by atoms with Crippen LogP contribution in [0.1, 0.15) is 18.9 Å². The van der Waals surface area contributed by atoms with Crippen molar-refractivity contribution in [2.45, 2.75) is 13.3 Å². The van der Waals surface area contributed by atoms with Crippen molar-refractivity contribution in [1.29, 1.82) is 5.26 Å². The summed E-state index contributed by atoms with van der Waals surface area (Å²) in [5.41, 5.74) is 1.00. The van der Waals surface area contributed by atoms with Crippen LogP contribution >= 0.6 is 0 Å². The molecule has 2 nitrogen and oxygen atoms in total. The van der Waals surface area contributed by atoms with Crippen molar-refractivity contribution >= 4 is 5.69 Å². The van der Waals surface area contributed by atoms with E-state index in [0.29, 0.717) is 5.92 Å². The van der Waals surface area contributed by atoms with E-state index in [9.17, 15) is 4.39 Å². The zero-order chi connectivity index (χ0) is 10.8. The van der Waals surface area contributed by atoms with Gasteiger partial charge in [0, 0.05) is 18.8 Å². The zero-order valence-electron chi connectivity index (χ0n) is 8.70. The molecule has 1 saturated heterocycles. The maximum absolute atomic E-state index is 13.4. The summed E-state index contributed by atoms with van der Waals surface area (Å²) < 4.78 is 13.4. The van der Waals surface area contributed by atoms with Gasteiger partial charge in [-0.05, 0) is 30.5 Å². The molecule has 1 aromatic carbocycles. The highest BCUT2D eigenvalue weighted by Crippen LogP contribution is 2.24. The van der Waals surface area contributed by atoms with Gasteiger partial charge in [0.1, 0.15) is 11.9 Å². The summed E-state index contributed by atoms with van der Waals surface area (Å²) in [6, 6.07) is 6.65. The predicted molar refractivity (Wildman–Crippen MR) is 57.1 cm³/mol. The number of halogens is 1. The van der Waals surface area contributed by atoms with Crippen LogP contribution < -0.4 is 4.90 Å².